The number of rotatable bonds is 8. The normalized spacial score (nSPS) is 14.7. The van der Waals surface area contributed by atoms with Crippen molar-refractivity contribution in [2.24, 2.45) is 5.41 Å². The molecule has 41 heavy (non-hydrogen) atoms. The lowest BCUT2D eigenvalue weighted by Gasteiger charge is -2.23. The number of halogens is 1. The summed E-state index contributed by atoms with van der Waals surface area (Å²) in [7, 11) is 0. The number of nitrogens with one attached hydrogen (secondary N) is 2. The number of anilines is 2. The van der Waals surface area contributed by atoms with Gasteiger partial charge in [0.25, 0.3) is 0 Å². The van der Waals surface area contributed by atoms with Crippen LogP contribution in [0.25, 0.3) is 10.9 Å². The number of amides is 2. The van der Waals surface area contributed by atoms with Crippen molar-refractivity contribution in [1.82, 2.24) is 4.98 Å². The van der Waals surface area contributed by atoms with Crippen LogP contribution in [-0.4, -0.2) is 36.6 Å². The van der Waals surface area contributed by atoms with Crippen LogP contribution in [0.15, 0.2) is 60.8 Å². The van der Waals surface area contributed by atoms with Crippen LogP contribution < -0.4 is 29.6 Å². The van der Waals surface area contributed by atoms with E-state index in [0.717, 1.165) is 11.6 Å². The number of nitrogens with zero attached hydrogens (tertiary/aromatic N) is 1. The molecule has 0 atom stereocenters. The third-order valence-corrected chi connectivity index (χ3v) is 7.08. The van der Waals surface area contributed by atoms with E-state index in [9.17, 15) is 9.59 Å². The van der Waals surface area contributed by atoms with E-state index in [1.807, 2.05) is 26.0 Å². The van der Waals surface area contributed by atoms with Crippen LogP contribution in [0.2, 0.25) is 0 Å². The molecule has 1 saturated carbocycles. The molecule has 0 radical (unpaired) electrons. The van der Waals surface area contributed by atoms with Gasteiger partial charge in [-0.2, -0.15) is 0 Å². The smallest absolute Gasteiger partial charge is 0.240 e. The lowest BCUT2D eigenvalue weighted by Crippen LogP contribution is -2.35. The Morgan fingerprint density at radius 1 is 0.902 bits per heavy atom. The molecule has 10 heteroatoms. The summed E-state index contributed by atoms with van der Waals surface area (Å²) in [5.41, 5.74) is 1.24. The van der Waals surface area contributed by atoms with E-state index in [1.165, 1.54) is 12.1 Å². The molecule has 6 rings (SSSR count). The first-order valence-corrected chi connectivity index (χ1v) is 13.4. The van der Waals surface area contributed by atoms with E-state index in [2.05, 4.69) is 15.6 Å². The molecule has 1 aliphatic heterocycles. The molecule has 2 amide bonds. The van der Waals surface area contributed by atoms with E-state index in [0.29, 0.717) is 72.3 Å². The second-order valence-corrected chi connectivity index (χ2v) is 9.97. The van der Waals surface area contributed by atoms with Crippen molar-refractivity contribution in [3.8, 4) is 28.7 Å². The molecular weight excluding hydrogens is 529 g/mol. The van der Waals surface area contributed by atoms with Crippen molar-refractivity contribution in [1.29, 1.82) is 0 Å². The molecule has 0 saturated heterocycles. The molecule has 2 N–H and O–H groups in total. The van der Waals surface area contributed by atoms with Gasteiger partial charge in [-0.3, -0.25) is 14.6 Å². The monoisotopic (exact) mass is 557 g/mol. The summed E-state index contributed by atoms with van der Waals surface area (Å²) in [6.07, 6.45) is 2.37. The number of benzene rings is 3. The number of hydrogen-bond acceptors (Lipinski definition) is 7. The van der Waals surface area contributed by atoms with Gasteiger partial charge in [0.15, 0.2) is 23.1 Å². The van der Waals surface area contributed by atoms with Crippen molar-refractivity contribution in [2.75, 3.05) is 30.5 Å². The summed E-state index contributed by atoms with van der Waals surface area (Å²) in [5, 5.41) is 6.02. The molecule has 0 unspecified atom stereocenters. The lowest BCUT2D eigenvalue weighted by molar-refractivity contribution is -0.131. The highest BCUT2D eigenvalue weighted by Crippen LogP contribution is 2.49. The van der Waals surface area contributed by atoms with E-state index in [-0.39, 0.29) is 17.3 Å². The van der Waals surface area contributed by atoms with Crippen molar-refractivity contribution < 1.29 is 32.9 Å². The predicted octanol–water partition coefficient (Wildman–Crippen LogP) is 6.00. The summed E-state index contributed by atoms with van der Waals surface area (Å²) in [6.45, 7) is 4.95. The molecule has 210 valence electrons. The number of pyridine rings is 1. The number of aryl methyl sites for hydroxylation is 1. The predicted molar refractivity (Wildman–Crippen MR) is 150 cm³/mol. The van der Waals surface area contributed by atoms with Gasteiger partial charge in [0.05, 0.1) is 17.5 Å². The molecule has 0 spiro atoms. The van der Waals surface area contributed by atoms with Gasteiger partial charge in [0.1, 0.15) is 24.4 Å². The van der Waals surface area contributed by atoms with E-state index in [4.69, 9.17) is 18.9 Å². The first-order valence-electron chi connectivity index (χ1n) is 13.4. The van der Waals surface area contributed by atoms with Crippen molar-refractivity contribution >= 4 is 34.1 Å². The first-order chi connectivity index (χ1) is 19.9. The number of fused-ring (bicyclic) bond motifs is 3. The molecule has 1 fully saturated rings. The quantitative estimate of drug-likeness (QED) is 0.256. The molecular formula is C31H28FN3O6. The standard InChI is InChI=1S/C31H28FN3O6/c1-3-38-25-17-22-26(28-27(25)39-14-15-40-28)24(10-13-33-22)41-23-9-8-20(16-21(23)32)35-30(37)31(11-12-31)29(36)34-19-6-4-18(2)5-7-19/h4-10,13,16-17H,3,11-12,14-15H2,1-2H3,(H,34,36)(H,35,37). The topological polar surface area (TPSA) is 108 Å². The molecule has 9 nitrogen and oxygen atoms in total. The van der Waals surface area contributed by atoms with Crippen molar-refractivity contribution in [3.05, 3.63) is 72.2 Å². The second-order valence-electron chi connectivity index (χ2n) is 9.97. The molecule has 3 aromatic carbocycles. The van der Waals surface area contributed by atoms with Crippen LogP contribution in [0.5, 0.6) is 28.7 Å². The van der Waals surface area contributed by atoms with Gasteiger partial charge in [0, 0.05) is 29.7 Å². The molecule has 1 aliphatic carbocycles. The maximum absolute atomic E-state index is 15.2. The highest BCUT2D eigenvalue weighted by molar-refractivity contribution is 6.16. The van der Waals surface area contributed by atoms with Gasteiger partial charge in [-0.1, -0.05) is 17.7 Å². The Hall–Kier alpha value is -4.86. The molecule has 2 heterocycles. The van der Waals surface area contributed by atoms with Crippen LogP contribution in [0.3, 0.4) is 0 Å². The SMILES string of the molecule is CCOc1cc2nccc(Oc3ccc(NC(=O)C4(C(=O)Nc5ccc(C)cc5)CC4)cc3F)c2c2c1OCCO2. The van der Waals surface area contributed by atoms with Crippen molar-refractivity contribution in [2.45, 2.75) is 26.7 Å². The highest BCUT2D eigenvalue weighted by atomic mass is 19.1. The molecule has 0 bridgehead atoms. The van der Waals surface area contributed by atoms with Gasteiger partial charge in [-0.25, -0.2) is 4.39 Å². The lowest BCUT2D eigenvalue weighted by atomic mass is 10.0. The molecule has 2 aliphatic rings. The van der Waals surface area contributed by atoms with Crippen LogP contribution >= 0.6 is 0 Å². The fourth-order valence-electron chi connectivity index (χ4n) is 4.72. The number of aromatic nitrogens is 1. The average molecular weight is 558 g/mol. The molecule has 1 aromatic heterocycles. The maximum Gasteiger partial charge on any atom is 0.240 e. The third kappa shape index (κ3) is 5.08. The third-order valence-electron chi connectivity index (χ3n) is 7.08. The summed E-state index contributed by atoms with van der Waals surface area (Å²) in [4.78, 5) is 30.4. The first kappa shape index (κ1) is 26.4. The second kappa shape index (κ2) is 10.6. The minimum Gasteiger partial charge on any atom is -0.490 e. The Morgan fingerprint density at radius 2 is 1.59 bits per heavy atom. The van der Waals surface area contributed by atoms with Crippen LogP contribution in [0.4, 0.5) is 15.8 Å². The average Bonchev–Trinajstić information content (AvgIpc) is 3.79. The summed E-state index contributed by atoms with van der Waals surface area (Å²) in [6, 6.07) is 14.8. The van der Waals surface area contributed by atoms with Gasteiger partial charge in [-0.05, 0) is 57.0 Å². The Bertz CT molecular complexity index is 1650. The highest BCUT2D eigenvalue weighted by Gasteiger charge is 2.56. The van der Waals surface area contributed by atoms with Gasteiger partial charge >= 0.3 is 0 Å². The number of hydrogen-bond donors (Lipinski definition) is 2. The van der Waals surface area contributed by atoms with E-state index in [1.54, 1.807) is 30.5 Å². The summed E-state index contributed by atoms with van der Waals surface area (Å²) >= 11 is 0. The van der Waals surface area contributed by atoms with E-state index >= 15 is 4.39 Å². The Labute approximate surface area is 235 Å². The zero-order chi connectivity index (χ0) is 28.6. The van der Waals surface area contributed by atoms with E-state index < -0.39 is 17.1 Å². The number of carbonyl (C=O) groups is 2. The molecule has 4 aromatic rings. The zero-order valence-electron chi connectivity index (χ0n) is 22.6. The minimum absolute atomic E-state index is 0.0619. The van der Waals surface area contributed by atoms with Crippen LogP contribution in [0, 0.1) is 18.2 Å². The van der Waals surface area contributed by atoms with Gasteiger partial charge in [-0.15, -0.1) is 0 Å². The Balaban J connectivity index is 1.21. The maximum atomic E-state index is 15.2. The minimum atomic E-state index is -1.19. The summed E-state index contributed by atoms with van der Waals surface area (Å²) in [5.74, 6) is 0.0688. The largest absolute Gasteiger partial charge is 0.490 e. The Kier molecular flexibility index (Phi) is 6.82. The number of carbonyl (C=O) groups excluding carboxylic acids is 2. The zero-order valence-corrected chi connectivity index (χ0v) is 22.6. The van der Waals surface area contributed by atoms with Crippen molar-refractivity contribution in [3.63, 3.8) is 0 Å². The van der Waals surface area contributed by atoms with Gasteiger partial charge < -0.3 is 29.6 Å². The van der Waals surface area contributed by atoms with Gasteiger partial charge in [0.2, 0.25) is 17.6 Å². The van der Waals surface area contributed by atoms with Crippen LogP contribution in [-0.2, 0) is 9.59 Å². The fourth-order valence-corrected chi connectivity index (χ4v) is 4.72. The number of ether oxygens (including phenoxy) is 4. The summed E-state index contributed by atoms with van der Waals surface area (Å²) < 4.78 is 38.6. The fraction of sp³-hybridized carbons (Fsp3) is 0.258. The van der Waals surface area contributed by atoms with Crippen LogP contribution in [0.1, 0.15) is 25.3 Å². The Morgan fingerprint density at radius 3 is 2.27 bits per heavy atom.